The van der Waals surface area contributed by atoms with Crippen molar-refractivity contribution in [1.82, 2.24) is 5.32 Å². The molecule has 0 aliphatic heterocycles. The van der Waals surface area contributed by atoms with Gasteiger partial charge in [0.05, 0.1) is 0 Å². The molecular formula is C14H22ClNOS. The van der Waals surface area contributed by atoms with Gasteiger partial charge in [-0.3, -0.25) is 4.21 Å². The summed E-state index contributed by atoms with van der Waals surface area (Å²) in [7, 11) is -0.708. The number of nitrogens with one attached hydrogen (secondary N) is 1. The van der Waals surface area contributed by atoms with Crippen LogP contribution >= 0.6 is 11.6 Å². The van der Waals surface area contributed by atoms with Gasteiger partial charge in [-0.2, -0.15) is 0 Å². The predicted octanol–water partition coefficient (Wildman–Crippen LogP) is 3.54. The topological polar surface area (TPSA) is 29.1 Å². The molecule has 1 rings (SSSR count). The van der Waals surface area contributed by atoms with Crippen LogP contribution < -0.4 is 5.32 Å². The molecule has 0 spiro atoms. The van der Waals surface area contributed by atoms with E-state index >= 15 is 0 Å². The number of rotatable bonds is 7. The van der Waals surface area contributed by atoms with Crippen LogP contribution in [0.1, 0.15) is 38.3 Å². The number of benzene rings is 1. The fourth-order valence-electron chi connectivity index (χ4n) is 1.91. The Labute approximate surface area is 118 Å². The Morgan fingerprint density at radius 1 is 1.33 bits per heavy atom. The minimum Gasteiger partial charge on any atom is -0.307 e. The van der Waals surface area contributed by atoms with E-state index in [0.717, 1.165) is 23.6 Å². The molecule has 3 unspecified atom stereocenters. The molecule has 0 fully saturated rings. The molecule has 0 bridgehead atoms. The van der Waals surface area contributed by atoms with Crippen LogP contribution in [-0.4, -0.2) is 22.3 Å². The summed E-state index contributed by atoms with van der Waals surface area (Å²) in [6.45, 7) is 4.31. The summed E-state index contributed by atoms with van der Waals surface area (Å²) in [5.41, 5.74) is 1.26. The van der Waals surface area contributed by atoms with E-state index in [1.54, 1.807) is 6.26 Å². The third kappa shape index (κ3) is 5.51. The zero-order chi connectivity index (χ0) is 13.5. The van der Waals surface area contributed by atoms with Gasteiger partial charge in [0.1, 0.15) is 0 Å². The Hall–Kier alpha value is -0.380. The van der Waals surface area contributed by atoms with Crippen molar-refractivity contribution in [1.29, 1.82) is 0 Å². The van der Waals surface area contributed by atoms with E-state index in [1.807, 2.05) is 12.1 Å². The molecule has 0 saturated carbocycles. The average molecular weight is 288 g/mol. The smallest absolute Gasteiger partial charge is 0.0406 e. The highest BCUT2D eigenvalue weighted by Gasteiger charge is 2.12. The molecule has 2 nitrogen and oxygen atoms in total. The van der Waals surface area contributed by atoms with Crippen molar-refractivity contribution in [3.63, 3.8) is 0 Å². The maximum Gasteiger partial charge on any atom is 0.0406 e. The molecule has 0 radical (unpaired) electrons. The lowest BCUT2D eigenvalue weighted by molar-refractivity contribution is 0.438. The Morgan fingerprint density at radius 2 is 1.94 bits per heavy atom. The number of hydrogen-bond acceptors (Lipinski definition) is 2. The van der Waals surface area contributed by atoms with Gasteiger partial charge < -0.3 is 5.32 Å². The Kier molecular flexibility index (Phi) is 6.90. The van der Waals surface area contributed by atoms with Gasteiger partial charge in [0.15, 0.2) is 0 Å². The van der Waals surface area contributed by atoms with Crippen molar-refractivity contribution >= 4 is 22.4 Å². The molecule has 0 aromatic heterocycles. The summed E-state index contributed by atoms with van der Waals surface area (Å²) in [4.78, 5) is 0. The Morgan fingerprint density at radius 3 is 2.44 bits per heavy atom. The van der Waals surface area contributed by atoms with Gasteiger partial charge in [0, 0.05) is 39.9 Å². The van der Waals surface area contributed by atoms with Crippen molar-refractivity contribution in [2.24, 2.45) is 0 Å². The highest BCUT2D eigenvalue weighted by Crippen LogP contribution is 2.20. The second-order valence-electron chi connectivity index (χ2n) is 4.65. The van der Waals surface area contributed by atoms with Gasteiger partial charge in [0.25, 0.3) is 0 Å². The van der Waals surface area contributed by atoms with Gasteiger partial charge in [-0.25, -0.2) is 0 Å². The lowest BCUT2D eigenvalue weighted by Gasteiger charge is -2.22. The first-order chi connectivity index (χ1) is 8.52. The molecule has 0 saturated heterocycles. The Balaban J connectivity index is 2.56. The van der Waals surface area contributed by atoms with E-state index in [0.29, 0.717) is 12.1 Å². The van der Waals surface area contributed by atoms with E-state index in [-0.39, 0.29) is 0 Å². The largest absolute Gasteiger partial charge is 0.307 e. The molecule has 1 aromatic carbocycles. The van der Waals surface area contributed by atoms with E-state index in [4.69, 9.17) is 11.6 Å². The van der Waals surface area contributed by atoms with Gasteiger partial charge >= 0.3 is 0 Å². The molecule has 3 atom stereocenters. The minimum absolute atomic E-state index is 0.336. The van der Waals surface area contributed by atoms with Crippen molar-refractivity contribution in [3.8, 4) is 0 Å². The van der Waals surface area contributed by atoms with Crippen LogP contribution in [0.2, 0.25) is 5.02 Å². The molecule has 0 aliphatic carbocycles. The van der Waals surface area contributed by atoms with Crippen LogP contribution in [0.25, 0.3) is 0 Å². The van der Waals surface area contributed by atoms with Crippen LogP contribution in [0.3, 0.4) is 0 Å². The normalized spacial score (nSPS) is 16.2. The second-order valence-corrected chi connectivity index (χ2v) is 6.64. The summed E-state index contributed by atoms with van der Waals surface area (Å²) in [5, 5.41) is 4.35. The summed E-state index contributed by atoms with van der Waals surface area (Å²) in [6, 6.07) is 8.68. The number of halogens is 1. The molecule has 4 heteroatoms. The molecule has 102 valence electrons. The van der Waals surface area contributed by atoms with E-state index < -0.39 is 10.8 Å². The highest BCUT2D eigenvalue weighted by atomic mass is 35.5. The van der Waals surface area contributed by atoms with Crippen molar-refractivity contribution < 1.29 is 4.21 Å². The molecule has 0 aliphatic rings. The molecule has 1 N–H and O–H groups in total. The summed E-state index contributed by atoms with van der Waals surface area (Å²) in [6.07, 6.45) is 3.72. The predicted molar refractivity (Wildman–Crippen MR) is 80.6 cm³/mol. The summed E-state index contributed by atoms with van der Waals surface area (Å²) >= 11 is 5.90. The van der Waals surface area contributed by atoms with Gasteiger partial charge in [-0.15, -0.1) is 0 Å². The molecule has 18 heavy (non-hydrogen) atoms. The van der Waals surface area contributed by atoms with Crippen LogP contribution in [0, 0.1) is 0 Å². The minimum atomic E-state index is -0.708. The van der Waals surface area contributed by atoms with E-state index in [1.165, 1.54) is 5.56 Å². The fourth-order valence-corrected chi connectivity index (χ4v) is 2.73. The van der Waals surface area contributed by atoms with Crippen molar-refractivity contribution in [3.05, 3.63) is 34.9 Å². The van der Waals surface area contributed by atoms with E-state index in [2.05, 4.69) is 31.3 Å². The van der Waals surface area contributed by atoms with E-state index in [9.17, 15) is 4.21 Å². The Bertz CT molecular complexity index is 380. The van der Waals surface area contributed by atoms with Gasteiger partial charge in [0.2, 0.25) is 0 Å². The quantitative estimate of drug-likeness (QED) is 0.831. The van der Waals surface area contributed by atoms with Gasteiger partial charge in [-0.1, -0.05) is 30.7 Å². The zero-order valence-corrected chi connectivity index (χ0v) is 12.9. The standard InChI is InChI=1S/C14H22ClNOS/c1-4-14(12-5-7-13(15)8-6-12)16-11(2)9-10-18(3)17/h5-8,11,14,16H,4,9-10H2,1-3H3. The summed E-state index contributed by atoms with van der Waals surface area (Å²) in [5.74, 6) is 0.755. The molecule has 0 heterocycles. The third-order valence-electron chi connectivity index (χ3n) is 3.00. The van der Waals surface area contributed by atoms with Crippen molar-refractivity contribution in [2.45, 2.75) is 38.8 Å². The fraction of sp³-hybridized carbons (Fsp3) is 0.571. The highest BCUT2D eigenvalue weighted by molar-refractivity contribution is 7.84. The third-order valence-corrected chi connectivity index (χ3v) is 4.07. The van der Waals surface area contributed by atoms with Crippen LogP contribution in [-0.2, 0) is 10.8 Å². The van der Waals surface area contributed by atoms with Gasteiger partial charge in [-0.05, 0) is 37.5 Å². The van der Waals surface area contributed by atoms with Crippen LogP contribution in [0.15, 0.2) is 24.3 Å². The summed E-state index contributed by atoms with van der Waals surface area (Å²) < 4.78 is 11.1. The average Bonchev–Trinajstić information content (AvgIpc) is 2.34. The molecule has 0 amide bonds. The SMILES string of the molecule is CCC(NC(C)CCS(C)=O)c1ccc(Cl)cc1. The number of hydrogen-bond donors (Lipinski definition) is 1. The van der Waals surface area contributed by atoms with Crippen LogP contribution in [0.4, 0.5) is 0 Å². The van der Waals surface area contributed by atoms with Crippen molar-refractivity contribution in [2.75, 3.05) is 12.0 Å². The first-order valence-electron chi connectivity index (χ1n) is 6.34. The molecule has 1 aromatic rings. The monoisotopic (exact) mass is 287 g/mol. The maximum atomic E-state index is 11.1. The second kappa shape index (κ2) is 7.93. The lowest BCUT2D eigenvalue weighted by Crippen LogP contribution is -2.31. The maximum absolute atomic E-state index is 11.1. The first-order valence-corrected chi connectivity index (χ1v) is 8.45. The zero-order valence-electron chi connectivity index (χ0n) is 11.3. The lowest BCUT2D eigenvalue weighted by atomic mass is 10.0. The first kappa shape index (κ1) is 15.7. The molecular weight excluding hydrogens is 266 g/mol. The van der Waals surface area contributed by atoms with Crippen LogP contribution in [0.5, 0.6) is 0 Å².